The molecule has 0 unspecified atom stereocenters. The van der Waals surface area contributed by atoms with E-state index in [1.54, 1.807) is 4.68 Å². The molecule has 1 aromatic heterocycles. The highest BCUT2D eigenvalue weighted by Crippen LogP contribution is 2.22. The van der Waals surface area contributed by atoms with Gasteiger partial charge in [-0.05, 0) is 24.7 Å². The average Bonchev–Trinajstić information content (AvgIpc) is 2.57. The van der Waals surface area contributed by atoms with Gasteiger partial charge in [0.05, 0.1) is 5.69 Å². The summed E-state index contributed by atoms with van der Waals surface area (Å²) < 4.78 is 1.79. The van der Waals surface area contributed by atoms with Crippen LogP contribution in [0.3, 0.4) is 0 Å². The first-order chi connectivity index (χ1) is 8.40. The van der Waals surface area contributed by atoms with E-state index < -0.39 is 0 Å². The summed E-state index contributed by atoms with van der Waals surface area (Å²) in [6.45, 7) is 11.1. The van der Waals surface area contributed by atoms with Gasteiger partial charge in [0, 0.05) is 26.3 Å². The van der Waals surface area contributed by atoms with Gasteiger partial charge < -0.3 is 10.6 Å². The Morgan fingerprint density at radius 3 is 2.00 bits per heavy atom. The Hall–Kier alpha value is -1.19. The van der Waals surface area contributed by atoms with Gasteiger partial charge in [0.15, 0.2) is 5.82 Å². The van der Waals surface area contributed by atoms with Gasteiger partial charge in [0.1, 0.15) is 0 Å². The zero-order valence-corrected chi connectivity index (χ0v) is 12.5. The molecule has 0 radical (unpaired) electrons. The Kier molecular flexibility index (Phi) is 5.51. The number of hydrogen-bond acceptors (Lipinski definition) is 3. The van der Waals surface area contributed by atoms with E-state index in [9.17, 15) is 0 Å². The van der Waals surface area contributed by atoms with E-state index >= 15 is 0 Å². The van der Waals surface area contributed by atoms with Crippen LogP contribution in [0.4, 0.5) is 11.5 Å². The number of nitrogens with zero attached hydrogens (tertiary/aromatic N) is 3. The van der Waals surface area contributed by atoms with E-state index in [4.69, 9.17) is 5.73 Å². The van der Waals surface area contributed by atoms with Gasteiger partial charge in [-0.15, -0.1) is 0 Å². The van der Waals surface area contributed by atoms with E-state index in [0.29, 0.717) is 11.8 Å². The summed E-state index contributed by atoms with van der Waals surface area (Å²) in [5, 5.41) is 4.48. The van der Waals surface area contributed by atoms with E-state index in [-0.39, 0.29) is 0 Å². The molecule has 0 aromatic carbocycles. The maximum absolute atomic E-state index is 6.03. The van der Waals surface area contributed by atoms with Gasteiger partial charge >= 0.3 is 0 Å². The highest BCUT2D eigenvalue weighted by atomic mass is 15.3. The summed E-state index contributed by atoms with van der Waals surface area (Å²) in [6, 6.07) is 0. The van der Waals surface area contributed by atoms with Crippen LogP contribution in [0, 0.1) is 11.8 Å². The van der Waals surface area contributed by atoms with Crippen LogP contribution in [-0.4, -0.2) is 22.9 Å². The monoisotopic (exact) mass is 252 g/mol. The average molecular weight is 252 g/mol. The number of anilines is 2. The van der Waals surface area contributed by atoms with Crippen molar-refractivity contribution in [2.75, 3.05) is 23.7 Å². The number of nitrogens with two attached hydrogens (primary N) is 1. The van der Waals surface area contributed by atoms with Gasteiger partial charge in [-0.2, -0.15) is 5.10 Å². The molecule has 0 atom stereocenters. The van der Waals surface area contributed by atoms with Crippen molar-refractivity contribution in [1.82, 2.24) is 9.78 Å². The first kappa shape index (κ1) is 14.9. The van der Waals surface area contributed by atoms with Gasteiger partial charge in [-0.25, -0.2) is 0 Å². The fourth-order valence-electron chi connectivity index (χ4n) is 1.89. The second kappa shape index (κ2) is 6.66. The zero-order valence-electron chi connectivity index (χ0n) is 12.5. The molecule has 0 saturated heterocycles. The number of aromatic nitrogens is 2. The largest absolute Gasteiger partial charge is 0.394 e. The Balaban J connectivity index is 2.72. The van der Waals surface area contributed by atoms with Crippen molar-refractivity contribution in [2.45, 2.75) is 40.5 Å². The smallest absolute Gasteiger partial charge is 0.173 e. The molecule has 1 aromatic rings. The van der Waals surface area contributed by atoms with Gasteiger partial charge in [0.25, 0.3) is 0 Å². The molecule has 4 heteroatoms. The Labute approximate surface area is 111 Å². The number of nitrogen functional groups attached to an aromatic ring is 1. The lowest BCUT2D eigenvalue weighted by Gasteiger charge is -2.24. The normalized spacial score (nSPS) is 11.5. The molecule has 4 nitrogen and oxygen atoms in total. The summed E-state index contributed by atoms with van der Waals surface area (Å²) in [6.07, 6.45) is 4.23. The van der Waals surface area contributed by atoms with Crippen LogP contribution in [0.25, 0.3) is 0 Å². The fraction of sp³-hybridized carbons (Fsp3) is 0.786. The number of aryl methyl sites for hydroxylation is 1. The molecule has 1 heterocycles. The number of rotatable bonds is 7. The summed E-state index contributed by atoms with van der Waals surface area (Å²) in [7, 11) is 1.92. The topological polar surface area (TPSA) is 47.1 Å². The van der Waals surface area contributed by atoms with Gasteiger partial charge in [-0.3, -0.25) is 4.68 Å². The molecule has 0 spiro atoms. The summed E-state index contributed by atoms with van der Waals surface area (Å²) >= 11 is 0. The third-order valence-corrected chi connectivity index (χ3v) is 3.09. The van der Waals surface area contributed by atoms with Crippen LogP contribution < -0.4 is 10.6 Å². The lowest BCUT2D eigenvalue weighted by atomic mass is 10.1. The molecular formula is C14H28N4. The minimum atomic E-state index is 0.705. The van der Waals surface area contributed by atoms with Crippen molar-refractivity contribution in [3.63, 3.8) is 0 Å². The molecule has 2 N–H and O–H groups in total. The number of hydrogen-bond donors (Lipinski definition) is 1. The third-order valence-electron chi connectivity index (χ3n) is 3.09. The van der Waals surface area contributed by atoms with Crippen LogP contribution in [0.2, 0.25) is 0 Å². The third kappa shape index (κ3) is 4.59. The molecule has 0 aliphatic carbocycles. The Morgan fingerprint density at radius 2 is 1.67 bits per heavy atom. The highest BCUT2D eigenvalue weighted by Gasteiger charge is 2.14. The van der Waals surface area contributed by atoms with Gasteiger partial charge in [-0.1, -0.05) is 27.7 Å². The lowest BCUT2D eigenvalue weighted by Crippen LogP contribution is -2.28. The summed E-state index contributed by atoms with van der Waals surface area (Å²) in [5.74, 6) is 2.35. The van der Waals surface area contributed by atoms with E-state index in [0.717, 1.165) is 24.6 Å². The maximum Gasteiger partial charge on any atom is 0.173 e. The second-order valence-electron chi connectivity index (χ2n) is 5.93. The molecule has 0 bridgehead atoms. The van der Waals surface area contributed by atoms with Crippen LogP contribution in [-0.2, 0) is 7.05 Å². The van der Waals surface area contributed by atoms with Crippen molar-refractivity contribution in [1.29, 1.82) is 0 Å². The molecule has 0 amide bonds. The summed E-state index contributed by atoms with van der Waals surface area (Å²) in [5.41, 5.74) is 6.81. The maximum atomic E-state index is 6.03. The quantitative estimate of drug-likeness (QED) is 0.811. The van der Waals surface area contributed by atoms with E-state index in [1.807, 2.05) is 13.2 Å². The first-order valence-corrected chi connectivity index (χ1v) is 6.94. The Morgan fingerprint density at radius 1 is 1.17 bits per heavy atom. The fourth-order valence-corrected chi connectivity index (χ4v) is 1.89. The lowest BCUT2D eigenvalue weighted by molar-refractivity contribution is 0.531. The minimum absolute atomic E-state index is 0.705. The van der Waals surface area contributed by atoms with Gasteiger partial charge in [0.2, 0.25) is 0 Å². The highest BCUT2D eigenvalue weighted by molar-refractivity contribution is 5.61. The first-order valence-electron chi connectivity index (χ1n) is 6.94. The standard InChI is InChI=1S/C14H28N4/c1-11(2)6-8-18(9-7-12(3)4)14-13(15)10-17(5)16-14/h10-12H,6-9,15H2,1-5H3. The second-order valence-corrected chi connectivity index (χ2v) is 5.93. The molecular weight excluding hydrogens is 224 g/mol. The molecule has 18 heavy (non-hydrogen) atoms. The van der Waals surface area contributed by atoms with Crippen molar-refractivity contribution in [3.8, 4) is 0 Å². The van der Waals surface area contributed by atoms with Crippen molar-refractivity contribution in [2.24, 2.45) is 18.9 Å². The molecule has 0 saturated carbocycles. The van der Waals surface area contributed by atoms with Crippen molar-refractivity contribution in [3.05, 3.63) is 6.20 Å². The minimum Gasteiger partial charge on any atom is -0.394 e. The molecule has 104 valence electrons. The van der Waals surface area contributed by atoms with Crippen LogP contribution in [0.1, 0.15) is 40.5 Å². The van der Waals surface area contributed by atoms with Crippen molar-refractivity contribution < 1.29 is 0 Å². The SMILES string of the molecule is CC(C)CCN(CCC(C)C)c1nn(C)cc1N. The van der Waals surface area contributed by atoms with Crippen LogP contribution in [0.5, 0.6) is 0 Å². The predicted molar refractivity (Wildman–Crippen MR) is 78.7 cm³/mol. The molecule has 0 fully saturated rings. The van der Waals surface area contributed by atoms with Crippen LogP contribution >= 0.6 is 0 Å². The molecule has 1 rings (SSSR count). The van der Waals surface area contributed by atoms with Crippen molar-refractivity contribution >= 4 is 11.5 Å². The predicted octanol–water partition coefficient (Wildman–Crippen LogP) is 2.90. The molecule has 0 aliphatic rings. The summed E-state index contributed by atoms with van der Waals surface area (Å²) in [4.78, 5) is 2.33. The Bertz CT molecular complexity index is 343. The zero-order chi connectivity index (χ0) is 13.7. The van der Waals surface area contributed by atoms with E-state index in [2.05, 4.69) is 37.7 Å². The molecule has 0 aliphatic heterocycles. The van der Waals surface area contributed by atoms with Crippen LogP contribution in [0.15, 0.2) is 6.20 Å². The van der Waals surface area contributed by atoms with E-state index in [1.165, 1.54) is 12.8 Å².